The van der Waals surface area contributed by atoms with Gasteiger partial charge in [0.25, 0.3) is 0 Å². The number of hydrogen-bond acceptors (Lipinski definition) is 1. The van der Waals surface area contributed by atoms with Crippen molar-refractivity contribution in [2.24, 2.45) is 0 Å². The molecule has 0 radical (unpaired) electrons. The molecule has 1 saturated heterocycles. The summed E-state index contributed by atoms with van der Waals surface area (Å²) in [6.45, 7) is 5.73. The Morgan fingerprint density at radius 3 is 2.56 bits per heavy atom. The third-order valence-corrected chi connectivity index (χ3v) is 1.68. The quantitative estimate of drug-likeness (QED) is 0.409. The molecule has 1 rings (SSSR count). The van der Waals surface area contributed by atoms with Crippen LogP contribution in [0.5, 0.6) is 0 Å². The van der Waals surface area contributed by atoms with Crippen LogP contribution in [-0.4, -0.2) is 17.2 Å². The van der Waals surface area contributed by atoms with Gasteiger partial charge in [0.1, 0.15) is 0 Å². The monoisotopic (exact) mass is 142 g/mol. The van der Waals surface area contributed by atoms with E-state index in [1.807, 2.05) is 6.08 Å². The molecule has 0 bridgehead atoms. The van der Waals surface area contributed by atoms with Gasteiger partial charge in [0.2, 0.25) is 0 Å². The third kappa shape index (κ3) is 1.21. The molecule has 0 amide bonds. The molecule has 2 atom stereocenters. The molecule has 3 heteroatoms. The molecule has 0 spiro atoms. The van der Waals surface area contributed by atoms with E-state index >= 15 is 0 Å². The first-order valence-electron chi connectivity index (χ1n) is 2.93. The first-order chi connectivity index (χ1) is 4.24. The van der Waals surface area contributed by atoms with E-state index in [0.717, 1.165) is 5.11 Å². The van der Waals surface area contributed by atoms with Gasteiger partial charge in [-0.05, 0) is 19.1 Å². The molecule has 2 N–H and O–H groups in total. The van der Waals surface area contributed by atoms with Crippen LogP contribution in [0.3, 0.4) is 0 Å². The largest absolute Gasteiger partial charge is 0.358 e. The normalized spacial score (nSPS) is 33.2. The topological polar surface area (TPSA) is 24.1 Å². The van der Waals surface area contributed by atoms with Crippen molar-refractivity contribution in [2.45, 2.75) is 19.0 Å². The summed E-state index contributed by atoms with van der Waals surface area (Å²) in [7, 11) is 0. The molecule has 0 aromatic rings. The van der Waals surface area contributed by atoms with Gasteiger partial charge in [-0.2, -0.15) is 0 Å². The standard InChI is InChI=1S/C6H10N2S/c1-3-5-4(2)7-6(9)8-5/h3-5H,1H2,2H3,(H2,7,8,9)/t4-,5-/m0/s1. The van der Waals surface area contributed by atoms with Gasteiger partial charge < -0.3 is 10.6 Å². The van der Waals surface area contributed by atoms with Gasteiger partial charge >= 0.3 is 0 Å². The van der Waals surface area contributed by atoms with E-state index in [2.05, 4.69) is 24.1 Å². The summed E-state index contributed by atoms with van der Waals surface area (Å²) in [6.07, 6.45) is 1.86. The van der Waals surface area contributed by atoms with E-state index in [4.69, 9.17) is 12.2 Å². The summed E-state index contributed by atoms with van der Waals surface area (Å²) in [5, 5.41) is 6.85. The predicted molar refractivity (Wildman–Crippen MR) is 42.3 cm³/mol. The number of rotatable bonds is 1. The number of hydrogen-bond donors (Lipinski definition) is 2. The first-order valence-corrected chi connectivity index (χ1v) is 3.34. The highest BCUT2D eigenvalue weighted by Gasteiger charge is 2.21. The predicted octanol–water partition coefficient (Wildman–Crippen LogP) is 0.407. The second kappa shape index (κ2) is 2.35. The molecule has 0 unspecified atom stereocenters. The molecule has 1 aliphatic rings. The van der Waals surface area contributed by atoms with Crippen molar-refractivity contribution in [2.75, 3.05) is 0 Å². The molecule has 2 nitrogen and oxygen atoms in total. The van der Waals surface area contributed by atoms with E-state index in [1.54, 1.807) is 0 Å². The average molecular weight is 142 g/mol. The molecular formula is C6H10N2S. The molecule has 1 heterocycles. The lowest BCUT2D eigenvalue weighted by Gasteiger charge is -2.06. The average Bonchev–Trinajstić information content (AvgIpc) is 2.10. The fourth-order valence-corrected chi connectivity index (χ4v) is 1.20. The summed E-state index contributed by atoms with van der Waals surface area (Å²) < 4.78 is 0. The summed E-state index contributed by atoms with van der Waals surface area (Å²) in [4.78, 5) is 0. The minimum Gasteiger partial charge on any atom is -0.358 e. The van der Waals surface area contributed by atoms with Crippen LogP contribution in [-0.2, 0) is 0 Å². The van der Waals surface area contributed by atoms with Crippen LogP contribution in [0.25, 0.3) is 0 Å². The third-order valence-electron chi connectivity index (χ3n) is 1.45. The van der Waals surface area contributed by atoms with Gasteiger partial charge in [-0.15, -0.1) is 6.58 Å². The van der Waals surface area contributed by atoms with Gasteiger partial charge in [0.05, 0.1) is 6.04 Å². The zero-order valence-electron chi connectivity index (χ0n) is 5.35. The zero-order chi connectivity index (χ0) is 6.85. The van der Waals surface area contributed by atoms with Crippen molar-refractivity contribution in [3.63, 3.8) is 0 Å². The van der Waals surface area contributed by atoms with E-state index in [0.29, 0.717) is 12.1 Å². The lowest BCUT2D eigenvalue weighted by Crippen LogP contribution is -2.27. The number of nitrogens with one attached hydrogen (secondary N) is 2. The lowest BCUT2D eigenvalue weighted by molar-refractivity contribution is 0.629. The van der Waals surface area contributed by atoms with E-state index in [9.17, 15) is 0 Å². The van der Waals surface area contributed by atoms with Crippen molar-refractivity contribution in [3.05, 3.63) is 12.7 Å². The molecule has 0 aromatic heterocycles. The van der Waals surface area contributed by atoms with Crippen LogP contribution in [0.4, 0.5) is 0 Å². The van der Waals surface area contributed by atoms with Crippen LogP contribution >= 0.6 is 12.2 Å². The molecular weight excluding hydrogens is 132 g/mol. The van der Waals surface area contributed by atoms with Gasteiger partial charge in [0, 0.05) is 6.04 Å². The van der Waals surface area contributed by atoms with E-state index < -0.39 is 0 Å². The summed E-state index contributed by atoms with van der Waals surface area (Å²) >= 11 is 4.87. The van der Waals surface area contributed by atoms with Crippen molar-refractivity contribution in [1.82, 2.24) is 10.6 Å². The number of thiocarbonyl (C=S) groups is 1. The molecule has 1 fully saturated rings. The fraction of sp³-hybridized carbons (Fsp3) is 0.500. The Morgan fingerprint density at radius 2 is 2.33 bits per heavy atom. The maximum Gasteiger partial charge on any atom is 0.167 e. The second-order valence-electron chi connectivity index (χ2n) is 2.17. The Labute approximate surface area is 60.3 Å². The Morgan fingerprint density at radius 1 is 1.67 bits per heavy atom. The van der Waals surface area contributed by atoms with Gasteiger partial charge in [-0.3, -0.25) is 0 Å². The molecule has 0 aromatic carbocycles. The minimum atomic E-state index is 0.303. The molecule has 0 saturated carbocycles. The van der Waals surface area contributed by atoms with Crippen LogP contribution in [0.1, 0.15) is 6.92 Å². The minimum absolute atomic E-state index is 0.303. The fourth-order valence-electron chi connectivity index (χ4n) is 0.878. The van der Waals surface area contributed by atoms with Crippen molar-refractivity contribution >= 4 is 17.3 Å². The zero-order valence-corrected chi connectivity index (χ0v) is 6.16. The Balaban J connectivity index is 2.57. The maximum atomic E-state index is 4.87. The van der Waals surface area contributed by atoms with Crippen LogP contribution in [0, 0.1) is 0 Å². The molecule has 9 heavy (non-hydrogen) atoms. The Bertz CT molecular complexity index is 144. The van der Waals surface area contributed by atoms with Gasteiger partial charge in [0.15, 0.2) is 5.11 Å². The first kappa shape index (κ1) is 6.55. The van der Waals surface area contributed by atoms with E-state index in [-0.39, 0.29) is 0 Å². The SMILES string of the molecule is C=C[C@@H]1NC(=S)N[C@H]1C. The smallest absolute Gasteiger partial charge is 0.167 e. The van der Waals surface area contributed by atoms with Crippen LogP contribution < -0.4 is 10.6 Å². The summed E-state index contributed by atoms with van der Waals surface area (Å²) in [5.74, 6) is 0. The van der Waals surface area contributed by atoms with Crippen molar-refractivity contribution in [1.29, 1.82) is 0 Å². The highest BCUT2D eigenvalue weighted by molar-refractivity contribution is 7.80. The van der Waals surface area contributed by atoms with Gasteiger partial charge in [-0.25, -0.2) is 0 Å². The Hall–Kier alpha value is -0.570. The molecule has 0 aliphatic carbocycles. The lowest BCUT2D eigenvalue weighted by atomic mass is 10.2. The molecule has 1 aliphatic heterocycles. The van der Waals surface area contributed by atoms with Crippen LogP contribution in [0.2, 0.25) is 0 Å². The van der Waals surface area contributed by atoms with Gasteiger partial charge in [-0.1, -0.05) is 6.08 Å². The summed E-state index contributed by atoms with van der Waals surface area (Å²) in [5.41, 5.74) is 0. The second-order valence-corrected chi connectivity index (χ2v) is 2.58. The maximum absolute atomic E-state index is 4.87. The Kier molecular flexibility index (Phi) is 1.71. The summed E-state index contributed by atoms with van der Waals surface area (Å²) in [6, 6.07) is 0.687. The van der Waals surface area contributed by atoms with Crippen molar-refractivity contribution in [3.8, 4) is 0 Å². The van der Waals surface area contributed by atoms with Crippen molar-refractivity contribution < 1.29 is 0 Å². The highest BCUT2D eigenvalue weighted by atomic mass is 32.1. The highest BCUT2D eigenvalue weighted by Crippen LogP contribution is 2.00. The molecule has 50 valence electrons. The van der Waals surface area contributed by atoms with Crippen LogP contribution in [0.15, 0.2) is 12.7 Å². The van der Waals surface area contributed by atoms with E-state index in [1.165, 1.54) is 0 Å².